The Balaban J connectivity index is 3.09. The molecule has 0 atom stereocenters. The van der Waals surface area contributed by atoms with E-state index in [1.165, 1.54) is 18.0 Å². The second-order valence-electron chi connectivity index (χ2n) is 4.70. The molecule has 0 saturated carbocycles. The molecule has 0 aliphatic heterocycles. The van der Waals surface area contributed by atoms with Gasteiger partial charge in [-0.25, -0.2) is 8.42 Å². The number of likely N-dealkylation sites (N-methyl/N-ethyl adjacent to an activating group) is 2. The summed E-state index contributed by atoms with van der Waals surface area (Å²) in [6.07, 6.45) is 0. The van der Waals surface area contributed by atoms with E-state index in [9.17, 15) is 23.3 Å². The number of sulfonamides is 1. The van der Waals surface area contributed by atoms with Crippen molar-refractivity contribution >= 4 is 33.2 Å². The summed E-state index contributed by atoms with van der Waals surface area (Å²) in [6, 6.07) is 3.20. The van der Waals surface area contributed by atoms with E-state index in [0.29, 0.717) is 13.1 Å². The molecule has 1 rings (SSSR count). The maximum absolute atomic E-state index is 12.4. The molecule has 0 N–H and O–H groups in total. The van der Waals surface area contributed by atoms with Gasteiger partial charge in [-0.2, -0.15) is 4.31 Å². The van der Waals surface area contributed by atoms with E-state index in [1.807, 2.05) is 0 Å². The molecular weight excluding hydrogens is 346 g/mol. The fourth-order valence-corrected chi connectivity index (χ4v) is 3.25. The Morgan fingerprint density at radius 3 is 2.35 bits per heavy atom. The van der Waals surface area contributed by atoms with E-state index >= 15 is 0 Å². The van der Waals surface area contributed by atoms with Gasteiger partial charge in [-0.1, -0.05) is 11.6 Å². The molecule has 0 bridgehead atoms. The van der Waals surface area contributed by atoms with Crippen LogP contribution in [0.4, 0.5) is 5.69 Å². The number of hydrogen-bond donors (Lipinski definition) is 0. The summed E-state index contributed by atoms with van der Waals surface area (Å²) in [5, 5.41) is 10.7. The highest BCUT2D eigenvalue weighted by atomic mass is 35.5. The normalized spacial score (nSPS) is 11.5. The van der Waals surface area contributed by atoms with Crippen LogP contribution in [0.2, 0.25) is 5.02 Å². The number of nitro groups is 1. The molecule has 0 aliphatic rings. The maximum Gasteiger partial charge on any atom is 0.289 e. The first-order valence-corrected chi connectivity index (χ1v) is 8.65. The number of benzene rings is 1. The van der Waals surface area contributed by atoms with Crippen LogP contribution in [0.3, 0.4) is 0 Å². The molecule has 0 radical (unpaired) electrons. The number of carbonyl (C=O) groups is 1. The highest BCUT2D eigenvalue weighted by Crippen LogP contribution is 2.28. The predicted molar refractivity (Wildman–Crippen MR) is 85.9 cm³/mol. The highest BCUT2D eigenvalue weighted by Gasteiger charge is 2.27. The molecule has 1 aromatic carbocycles. The fraction of sp³-hybridized carbons (Fsp3) is 0.462. The van der Waals surface area contributed by atoms with Gasteiger partial charge in [0, 0.05) is 26.2 Å². The molecule has 0 spiro atoms. The summed E-state index contributed by atoms with van der Waals surface area (Å²) < 4.78 is 25.7. The summed E-state index contributed by atoms with van der Waals surface area (Å²) in [4.78, 5) is 23.3. The van der Waals surface area contributed by atoms with Gasteiger partial charge < -0.3 is 4.90 Å². The van der Waals surface area contributed by atoms with Gasteiger partial charge in [-0.05, 0) is 26.0 Å². The number of nitro benzene ring substituents is 1. The summed E-state index contributed by atoms with van der Waals surface area (Å²) >= 11 is 5.67. The summed E-state index contributed by atoms with van der Waals surface area (Å²) in [5.74, 6) is -0.343. The van der Waals surface area contributed by atoms with Gasteiger partial charge in [-0.3, -0.25) is 14.9 Å². The third-order valence-electron chi connectivity index (χ3n) is 3.30. The molecule has 0 fully saturated rings. The zero-order chi connectivity index (χ0) is 17.8. The quantitative estimate of drug-likeness (QED) is 0.542. The third kappa shape index (κ3) is 4.40. The Bertz CT molecular complexity index is 704. The van der Waals surface area contributed by atoms with Gasteiger partial charge in [0.05, 0.1) is 16.4 Å². The Morgan fingerprint density at radius 1 is 1.30 bits per heavy atom. The molecule has 0 unspecified atom stereocenters. The van der Waals surface area contributed by atoms with Gasteiger partial charge in [0.15, 0.2) is 0 Å². The molecule has 0 aliphatic carbocycles. The first kappa shape index (κ1) is 19.3. The maximum atomic E-state index is 12.4. The Labute approximate surface area is 139 Å². The smallest absolute Gasteiger partial charge is 0.289 e. The second-order valence-corrected chi connectivity index (χ2v) is 7.15. The van der Waals surface area contributed by atoms with Crippen molar-refractivity contribution in [2.45, 2.75) is 18.7 Å². The molecule has 1 amide bonds. The molecule has 10 heteroatoms. The fourth-order valence-electron chi connectivity index (χ4n) is 1.92. The monoisotopic (exact) mass is 363 g/mol. The summed E-state index contributed by atoms with van der Waals surface area (Å²) in [7, 11) is -2.79. The van der Waals surface area contributed by atoms with Gasteiger partial charge in [0.2, 0.25) is 15.9 Å². The van der Waals surface area contributed by atoms with Crippen molar-refractivity contribution in [3.63, 3.8) is 0 Å². The van der Waals surface area contributed by atoms with Gasteiger partial charge in [-0.15, -0.1) is 0 Å². The number of amides is 1. The Kier molecular flexibility index (Phi) is 6.48. The van der Waals surface area contributed by atoms with E-state index < -0.39 is 20.6 Å². The summed E-state index contributed by atoms with van der Waals surface area (Å²) in [6.45, 7) is 4.17. The number of hydrogen-bond acceptors (Lipinski definition) is 5. The lowest BCUT2D eigenvalue weighted by Gasteiger charge is -2.22. The van der Waals surface area contributed by atoms with Crippen molar-refractivity contribution in [1.29, 1.82) is 0 Å². The minimum atomic E-state index is -4.03. The molecule has 0 saturated heterocycles. The van der Waals surface area contributed by atoms with Crippen LogP contribution in [0.1, 0.15) is 13.8 Å². The SMILES string of the molecule is CCN(CC)C(=O)CN(C)S(=O)(=O)c1ccc(Cl)c([N+](=O)[O-])c1. The van der Waals surface area contributed by atoms with E-state index in [1.54, 1.807) is 13.8 Å². The molecule has 8 nitrogen and oxygen atoms in total. The lowest BCUT2D eigenvalue weighted by atomic mass is 10.3. The molecule has 23 heavy (non-hydrogen) atoms. The standard InChI is InChI=1S/C13H18ClN3O5S/c1-4-16(5-2)13(18)9-15(3)23(21,22)10-6-7-11(14)12(8-10)17(19)20/h6-8H,4-5,9H2,1-3H3. The predicted octanol–water partition coefficient (Wildman–Crippen LogP) is 1.74. The van der Waals surface area contributed by atoms with Crippen LogP contribution in [0.15, 0.2) is 23.1 Å². The molecule has 0 heterocycles. The minimum Gasteiger partial charge on any atom is -0.342 e. The largest absolute Gasteiger partial charge is 0.342 e. The lowest BCUT2D eigenvalue weighted by molar-refractivity contribution is -0.384. The zero-order valence-corrected chi connectivity index (χ0v) is 14.6. The van der Waals surface area contributed by atoms with Crippen LogP contribution in [-0.4, -0.2) is 55.1 Å². The molecule has 1 aromatic rings. The van der Waals surface area contributed by atoms with E-state index in [-0.39, 0.29) is 22.4 Å². The Morgan fingerprint density at radius 2 is 1.87 bits per heavy atom. The minimum absolute atomic E-state index is 0.157. The molecular formula is C13H18ClN3O5S. The number of nitrogens with zero attached hydrogens (tertiary/aromatic N) is 3. The van der Waals surface area contributed by atoms with Gasteiger partial charge in [0.25, 0.3) is 5.69 Å². The number of carbonyl (C=O) groups excluding carboxylic acids is 1. The van der Waals surface area contributed by atoms with Crippen molar-refractivity contribution in [2.24, 2.45) is 0 Å². The van der Waals surface area contributed by atoms with Gasteiger partial charge >= 0.3 is 0 Å². The van der Waals surface area contributed by atoms with Crippen molar-refractivity contribution in [3.05, 3.63) is 33.3 Å². The van der Waals surface area contributed by atoms with Crippen LogP contribution in [0.5, 0.6) is 0 Å². The van der Waals surface area contributed by atoms with Crippen molar-refractivity contribution in [1.82, 2.24) is 9.21 Å². The van der Waals surface area contributed by atoms with Gasteiger partial charge in [0.1, 0.15) is 5.02 Å². The molecule has 0 aromatic heterocycles. The van der Waals surface area contributed by atoms with Crippen molar-refractivity contribution in [3.8, 4) is 0 Å². The second kappa shape index (κ2) is 7.71. The number of halogens is 1. The van der Waals surface area contributed by atoms with Crippen molar-refractivity contribution in [2.75, 3.05) is 26.7 Å². The lowest BCUT2D eigenvalue weighted by Crippen LogP contribution is -2.40. The summed E-state index contributed by atoms with van der Waals surface area (Å²) in [5.41, 5.74) is -0.504. The first-order valence-electron chi connectivity index (χ1n) is 6.83. The van der Waals surface area contributed by atoms with E-state index in [0.717, 1.165) is 16.4 Å². The van der Waals surface area contributed by atoms with E-state index in [2.05, 4.69) is 0 Å². The highest BCUT2D eigenvalue weighted by molar-refractivity contribution is 7.89. The average molecular weight is 364 g/mol. The zero-order valence-electron chi connectivity index (χ0n) is 13.0. The van der Waals surface area contributed by atoms with Crippen LogP contribution in [-0.2, 0) is 14.8 Å². The van der Waals surface area contributed by atoms with Crippen LogP contribution in [0.25, 0.3) is 0 Å². The van der Waals surface area contributed by atoms with Crippen LogP contribution >= 0.6 is 11.6 Å². The number of rotatable bonds is 7. The first-order chi connectivity index (χ1) is 10.6. The third-order valence-corrected chi connectivity index (χ3v) is 5.42. The molecule has 128 valence electrons. The van der Waals surface area contributed by atoms with Crippen LogP contribution < -0.4 is 0 Å². The van der Waals surface area contributed by atoms with Crippen molar-refractivity contribution < 1.29 is 18.1 Å². The van der Waals surface area contributed by atoms with E-state index in [4.69, 9.17) is 11.6 Å². The Hall–Kier alpha value is -1.71. The van der Waals surface area contributed by atoms with Crippen LogP contribution in [0, 0.1) is 10.1 Å². The average Bonchev–Trinajstić information content (AvgIpc) is 2.48. The topological polar surface area (TPSA) is 101 Å².